The van der Waals surface area contributed by atoms with Crippen LogP contribution in [0.4, 0.5) is 4.79 Å². The molecule has 2 unspecified atom stereocenters. The van der Waals surface area contributed by atoms with Crippen LogP contribution in [0.3, 0.4) is 0 Å². The summed E-state index contributed by atoms with van der Waals surface area (Å²) in [5.41, 5.74) is -0.143. The van der Waals surface area contributed by atoms with E-state index < -0.39 is 6.09 Å². The highest BCUT2D eigenvalue weighted by Gasteiger charge is 2.37. The first-order valence-electron chi connectivity index (χ1n) is 5.97. The number of nitrogens with one attached hydrogen (secondary N) is 1. The maximum Gasteiger partial charge on any atom is 0.404 e. The van der Waals surface area contributed by atoms with Gasteiger partial charge < -0.3 is 15.3 Å². The average molecular weight is 242 g/mol. The Morgan fingerprint density at radius 3 is 2.35 bits per heavy atom. The minimum Gasteiger partial charge on any atom is -0.465 e. The number of hydrogen-bond donors (Lipinski definition) is 2. The second-order valence-electron chi connectivity index (χ2n) is 5.81. The molecule has 1 saturated heterocycles. The first kappa shape index (κ1) is 13.8. The largest absolute Gasteiger partial charge is 0.465 e. The van der Waals surface area contributed by atoms with Crippen molar-refractivity contribution >= 4 is 12.0 Å². The molecule has 1 fully saturated rings. The van der Waals surface area contributed by atoms with Crippen molar-refractivity contribution in [1.29, 1.82) is 0 Å². The third-order valence-corrected chi connectivity index (χ3v) is 3.35. The molecule has 98 valence electrons. The van der Waals surface area contributed by atoms with Gasteiger partial charge in [-0.15, -0.1) is 0 Å². The second kappa shape index (κ2) is 4.94. The first-order chi connectivity index (χ1) is 7.71. The smallest absolute Gasteiger partial charge is 0.404 e. The van der Waals surface area contributed by atoms with Crippen molar-refractivity contribution in [2.75, 3.05) is 13.1 Å². The summed E-state index contributed by atoms with van der Waals surface area (Å²) in [5, 5.41) is 11.5. The Balaban J connectivity index is 2.73. The van der Waals surface area contributed by atoms with E-state index in [2.05, 4.69) is 5.32 Å². The monoisotopic (exact) mass is 242 g/mol. The van der Waals surface area contributed by atoms with Crippen LogP contribution in [-0.2, 0) is 4.79 Å². The maximum atomic E-state index is 11.3. The molecule has 0 aromatic carbocycles. The van der Waals surface area contributed by atoms with E-state index in [4.69, 9.17) is 5.11 Å². The lowest BCUT2D eigenvalue weighted by atomic mass is 9.78. The fraction of sp³-hybridized carbons (Fsp3) is 0.833. The van der Waals surface area contributed by atoms with Gasteiger partial charge in [0, 0.05) is 26.1 Å². The molecule has 2 atom stereocenters. The Labute approximate surface area is 102 Å². The van der Waals surface area contributed by atoms with Gasteiger partial charge in [-0.05, 0) is 17.8 Å². The summed E-state index contributed by atoms with van der Waals surface area (Å²) in [6.07, 6.45) is -0.131. The molecule has 0 aromatic rings. The lowest BCUT2D eigenvalue weighted by Crippen LogP contribution is -2.49. The van der Waals surface area contributed by atoms with Crippen LogP contribution in [-0.4, -0.2) is 41.1 Å². The molecule has 1 rings (SSSR count). The average Bonchev–Trinajstić information content (AvgIpc) is 2.60. The van der Waals surface area contributed by atoms with Crippen LogP contribution in [0.25, 0.3) is 0 Å². The summed E-state index contributed by atoms with van der Waals surface area (Å²) in [4.78, 5) is 23.9. The van der Waals surface area contributed by atoms with E-state index in [1.165, 1.54) is 0 Å². The number of hydrogen-bond acceptors (Lipinski definition) is 2. The van der Waals surface area contributed by atoms with Gasteiger partial charge in [0.15, 0.2) is 0 Å². The molecule has 0 spiro atoms. The topological polar surface area (TPSA) is 69.6 Å². The van der Waals surface area contributed by atoms with Gasteiger partial charge >= 0.3 is 6.09 Å². The zero-order valence-electron chi connectivity index (χ0n) is 11.0. The molecule has 5 heteroatoms. The molecular formula is C12H22N2O3. The number of carboxylic acid groups (broad SMARTS) is 1. The van der Waals surface area contributed by atoms with Gasteiger partial charge in [-0.2, -0.15) is 0 Å². The highest BCUT2D eigenvalue weighted by molar-refractivity contribution is 5.73. The highest BCUT2D eigenvalue weighted by atomic mass is 16.4. The number of carbonyl (C=O) groups excluding carboxylic acids is 1. The molecule has 17 heavy (non-hydrogen) atoms. The molecule has 0 saturated carbocycles. The van der Waals surface area contributed by atoms with Gasteiger partial charge in [0.25, 0.3) is 0 Å². The van der Waals surface area contributed by atoms with Gasteiger partial charge in [-0.1, -0.05) is 20.8 Å². The molecule has 1 aliphatic rings. The van der Waals surface area contributed by atoms with Gasteiger partial charge in [0.05, 0.1) is 0 Å². The SMILES string of the molecule is CC(=O)N1CCC(C(NC(=O)O)C(C)(C)C)C1. The summed E-state index contributed by atoms with van der Waals surface area (Å²) in [6, 6.07) is -0.121. The third kappa shape index (κ3) is 3.61. The van der Waals surface area contributed by atoms with Crippen molar-refractivity contribution in [2.45, 2.75) is 40.2 Å². The molecule has 1 aliphatic heterocycles. The number of rotatable bonds is 2. The van der Waals surface area contributed by atoms with Gasteiger partial charge in [0.2, 0.25) is 5.91 Å². The van der Waals surface area contributed by atoms with Crippen LogP contribution < -0.4 is 5.32 Å². The fourth-order valence-electron chi connectivity index (χ4n) is 2.52. The van der Waals surface area contributed by atoms with E-state index in [1.807, 2.05) is 20.8 Å². The Kier molecular flexibility index (Phi) is 4.01. The maximum absolute atomic E-state index is 11.3. The standard InChI is InChI=1S/C12H22N2O3/c1-8(15)14-6-5-9(7-14)10(12(2,3)4)13-11(16)17/h9-10,13H,5-7H2,1-4H3,(H,16,17). The Bertz CT molecular complexity index is 309. The predicted molar refractivity (Wildman–Crippen MR) is 64.8 cm³/mol. The van der Waals surface area contributed by atoms with E-state index in [0.717, 1.165) is 13.0 Å². The quantitative estimate of drug-likeness (QED) is 0.771. The number of likely N-dealkylation sites (tertiary alicyclic amines) is 1. The molecule has 0 radical (unpaired) electrons. The molecule has 0 aromatic heterocycles. The minimum absolute atomic E-state index is 0.0653. The van der Waals surface area contributed by atoms with Crippen molar-refractivity contribution in [1.82, 2.24) is 10.2 Å². The Morgan fingerprint density at radius 2 is 2.00 bits per heavy atom. The van der Waals surface area contributed by atoms with Crippen molar-refractivity contribution in [3.05, 3.63) is 0 Å². The molecular weight excluding hydrogens is 220 g/mol. The van der Waals surface area contributed by atoms with Crippen LogP contribution >= 0.6 is 0 Å². The molecule has 1 heterocycles. The zero-order valence-corrected chi connectivity index (χ0v) is 11.0. The molecule has 5 nitrogen and oxygen atoms in total. The summed E-state index contributed by atoms with van der Waals surface area (Å²) in [6.45, 7) is 8.99. The van der Waals surface area contributed by atoms with E-state index in [-0.39, 0.29) is 23.3 Å². The highest BCUT2D eigenvalue weighted by Crippen LogP contribution is 2.31. The van der Waals surface area contributed by atoms with Crippen LogP contribution in [0.2, 0.25) is 0 Å². The summed E-state index contributed by atoms with van der Waals surface area (Å²) < 4.78 is 0. The molecule has 0 aliphatic carbocycles. The van der Waals surface area contributed by atoms with Crippen molar-refractivity contribution in [3.63, 3.8) is 0 Å². The van der Waals surface area contributed by atoms with Gasteiger partial charge in [-0.3, -0.25) is 4.79 Å². The van der Waals surface area contributed by atoms with Crippen LogP contribution in [0.15, 0.2) is 0 Å². The second-order valence-corrected chi connectivity index (χ2v) is 5.81. The minimum atomic E-state index is -0.994. The summed E-state index contributed by atoms with van der Waals surface area (Å²) >= 11 is 0. The van der Waals surface area contributed by atoms with Crippen LogP contribution in [0.1, 0.15) is 34.1 Å². The number of carbonyl (C=O) groups is 2. The first-order valence-corrected chi connectivity index (χ1v) is 5.97. The van der Waals surface area contributed by atoms with E-state index in [1.54, 1.807) is 11.8 Å². The van der Waals surface area contributed by atoms with Crippen LogP contribution in [0, 0.1) is 11.3 Å². The summed E-state index contributed by atoms with van der Waals surface area (Å²) in [7, 11) is 0. The molecule has 2 amide bonds. The van der Waals surface area contributed by atoms with Crippen molar-refractivity contribution < 1.29 is 14.7 Å². The van der Waals surface area contributed by atoms with E-state index in [9.17, 15) is 9.59 Å². The zero-order chi connectivity index (χ0) is 13.2. The van der Waals surface area contributed by atoms with Crippen LogP contribution in [0.5, 0.6) is 0 Å². The lowest BCUT2D eigenvalue weighted by Gasteiger charge is -2.35. The Hall–Kier alpha value is -1.26. The van der Waals surface area contributed by atoms with E-state index >= 15 is 0 Å². The molecule has 0 bridgehead atoms. The Morgan fingerprint density at radius 1 is 1.41 bits per heavy atom. The number of nitrogens with zero attached hydrogens (tertiary/aromatic N) is 1. The lowest BCUT2D eigenvalue weighted by molar-refractivity contribution is -0.128. The van der Waals surface area contributed by atoms with Gasteiger partial charge in [-0.25, -0.2) is 4.79 Å². The normalized spacial score (nSPS) is 22.4. The van der Waals surface area contributed by atoms with Crippen molar-refractivity contribution in [3.8, 4) is 0 Å². The van der Waals surface area contributed by atoms with E-state index in [0.29, 0.717) is 6.54 Å². The fourth-order valence-corrected chi connectivity index (χ4v) is 2.52. The third-order valence-electron chi connectivity index (χ3n) is 3.35. The predicted octanol–water partition coefficient (Wildman–Crippen LogP) is 1.54. The van der Waals surface area contributed by atoms with Gasteiger partial charge in [0.1, 0.15) is 0 Å². The molecule has 2 N–H and O–H groups in total. The number of amides is 2. The summed E-state index contributed by atoms with van der Waals surface area (Å²) in [5.74, 6) is 0.269. The van der Waals surface area contributed by atoms with Crippen molar-refractivity contribution in [2.24, 2.45) is 11.3 Å².